The summed E-state index contributed by atoms with van der Waals surface area (Å²) < 4.78 is 0. The zero-order chi connectivity index (χ0) is 11.0. The van der Waals surface area contributed by atoms with Gasteiger partial charge in [-0.25, -0.2) is 0 Å². The molecule has 1 aliphatic rings. The molecule has 0 aliphatic heterocycles. The van der Waals surface area contributed by atoms with Crippen molar-refractivity contribution in [3.63, 3.8) is 0 Å². The molecule has 0 heterocycles. The highest BCUT2D eigenvalue weighted by molar-refractivity contribution is 4.90. The summed E-state index contributed by atoms with van der Waals surface area (Å²) in [4.78, 5) is 0. The Bertz CT molecular complexity index is 156. The van der Waals surface area contributed by atoms with Crippen LogP contribution in [0.2, 0.25) is 0 Å². The van der Waals surface area contributed by atoms with E-state index in [0.29, 0.717) is 5.41 Å². The Balaban J connectivity index is 2.18. The SMILES string of the molecule is CC(C)(C)CC1CC(NC(C)(C)C)C1. The summed E-state index contributed by atoms with van der Waals surface area (Å²) in [6.45, 7) is 13.8. The molecule has 0 aromatic carbocycles. The van der Waals surface area contributed by atoms with Crippen molar-refractivity contribution in [2.45, 2.75) is 72.4 Å². The van der Waals surface area contributed by atoms with Gasteiger partial charge < -0.3 is 5.32 Å². The van der Waals surface area contributed by atoms with Crippen LogP contribution in [0.3, 0.4) is 0 Å². The number of rotatable bonds is 2. The van der Waals surface area contributed by atoms with Crippen molar-refractivity contribution in [2.75, 3.05) is 0 Å². The van der Waals surface area contributed by atoms with E-state index in [-0.39, 0.29) is 5.54 Å². The molecular weight excluding hydrogens is 170 g/mol. The van der Waals surface area contributed by atoms with Gasteiger partial charge in [0.15, 0.2) is 0 Å². The van der Waals surface area contributed by atoms with Gasteiger partial charge in [0, 0.05) is 11.6 Å². The molecular formula is C13H27N. The Morgan fingerprint density at radius 2 is 1.50 bits per heavy atom. The highest BCUT2D eigenvalue weighted by Gasteiger charge is 2.33. The normalized spacial score (nSPS) is 28.7. The van der Waals surface area contributed by atoms with E-state index in [1.54, 1.807) is 0 Å². The molecule has 1 nitrogen and oxygen atoms in total. The largest absolute Gasteiger partial charge is 0.309 e. The van der Waals surface area contributed by atoms with E-state index in [4.69, 9.17) is 0 Å². The molecule has 84 valence electrons. The Morgan fingerprint density at radius 1 is 1.00 bits per heavy atom. The van der Waals surface area contributed by atoms with Crippen LogP contribution in [-0.4, -0.2) is 11.6 Å². The molecule has 0 aromatic rings. The highest BCUT2D eigenvalue weighted by Crippen LogP contribution is 2.37. The van der Waals surface area contributed by atoms with Crippen molar-refractivity contribution < 1.29 is 0 Å². The van der Waals surface area contributed by atoms with Crippen LogP contribution >= 0.6 is 0 Å². The molecule has 1 saturated carbocycles. The van der Waals surface area contributed by atoms with Crippen molar-refractivity contribution in [1.29, 1.82) is 0 Å². The lowest BCUT2D eigenvalue weighted by Crippen LogP contribution is -2.50. The molecule has 1 fully saturated rings. The lowest BCUT2D eigenvalue weighted by atomic mass is 9.71. The van der Waals surface area contributed by atoms with Gasteiger partial charge in [-0.05, 0) is 51.4 Å². The number of nitrogens with one attached hydrogen (secondary N) is 1. The quantitative estimate of drug-likeness (QED) is 0.713. The lowest BCUT2D eigenvalue weighted by Gasteiger charge is -2.42. The van der Waals surface area contributed by atoms with Crippen LogP contribution < -0.4 is 5.32 Å². The van der Waals surface area contributed by atoms with E-state index in [2.05, 4.69) is 46.9 Å². The van der Waals surface area contributed by atoms with Crippen LogP contribution in [0, 0.1) is 11.3 Å². The molecule has 0 aromatic heterocycles. The van der Waals surface area contributed by atoms with E-state index in [0.717, 1.165) is 12.0 Å². The predicted octanol–water partition coefficient (Wildman–Crippen LogP) is 3.59. The van der Waals surface area contributed by atoms with E-state index < -0.39 is 0 Å². The fourth-order valence-corrected chi connectivity index (χ4v) is 2.50. The molecule has 0 unspecified atom stereocenters. The van der Waals surface area contributed by atoms with Gasteiger partial charge in [-0.2, -0.15) is 0 Å². The van der Waals surface area contributed by atoms with Crippen LogP contribution in [0.25, 0.3) is 0 Å². The van der Waals surface area contributed by atoms with E-state index in [9.17, 15) is 0 Å². The second kappa shape index (κ2) is 3.84. The van der Waals surface area contributed by atoms with Crippen LogP contribution in [-0.2, 0) is 0 Å². The van der Waals surface area contributed by atoms with Crippen molar-refractivity contribution in [3.05, 3.63) is 0 Å². The molecule has 0 bridgehead atoms. The van der Waals surface area contributed by atoms with Gasteiger partial charge >= 0.3 is 0 Å². The summed E-state index contributed by atoms with van der Waals surface area (Å²) in [5, 5.41) is 3.67. The summed E-state index contributed by atoms with van der Waals surface area (Å²) in [5.41, 5.74) is 0.800. The lowest BCUT2D eigenvalue weighted by molar-refractivity contribution is 0.138. The Labute approximate surface area is 89.7 Å². The Morgan fingerprint density at radius 3 is 1.86 bits per heavy atom. The third kappa shape index (κ3) is 4.45. The van der Waals surface area contributed by atoms with Crippen molar-refractivity contribution in [2.24, 2.45) is 11.3 Å². The maximum atomic E-state index is 3.67. The Hall–Kier alpha value is -0.0400. The summed E-state index contributed by atoms with van der Waals surface area (Å²) >= 11 is 0. The van der Waals surface area contributed by atoms with Crippen LogP contribution in [0.15, 0.2) is 0 Å². The highest BCUT2D eigenvalue weighted by atomic mass is 15.0. The Kier molecular flexibility index (Phi) is 3.30. The molecule has 14 heavy (non-hydrogen) atoms. The van der Waals surface area contributed by atoms with Crippen LogP contribution in [0.5, 0.6) is 0 Å². The number of hydrogen-bond acceptors (Lipinski definition) is 1. The third-order valence-electron chi connectivity index (χ3n) is 2.77. The van der Waals surface area contributed by atoms with Gasteiger partial charge in [-0.1, -0.05) is 20.8 Å². The van der Waals surface area contributed by atoms with Crippen LogP contribution in [0.1, 0.15) is 60.8 Å². The average Bonchev–Trinajstić information content (AvgIpc) is 1.75. The molecule has 0 atom stereocenters. The molecule has 1 heteroatoms. The standard InChI is InChI=1S/C13H27N/c1-12(2,3)9-10-7-11(8-10)14-13(4,5)6/h10-11,14H,7-9H2,1-6H3. The molecule has 0 saturated heterocycles. The van der Waals surface area contributed by atoms with Gasteiger partial charge in [0.25, 0.3) is 0 Å². The minimum Gasteiger partial charge on any atom is -0.309 e. The van der Waals surface area contributed by atoms with E-state index in [1.807, 2.05) is 0 Å². The smallest absolute Gasteiger partial charge is 0.00991 e. The monoisotopic (exact) mass is 197 g/mol. The predicted molar refractivity (Wildman–Crippen MR) is 63.5 cm³/mol. The minimum absolute atomic E-state index is 0.289. The molecule has 0 amide bonds. The molecule has 1 rings (SSSR count). The summed E-state index contributed by atoms with van der Waals surface area (Å²) in [7, 11) is 0. The van der Waals surface area contributed by atoms with Gasteiger partial charge in [0.05, 0.1) is 0 Å². The van der Waals surface area contributed by atoms with E-state index in [1.165, 1.54) is 19.3 Å². The maximum absolute atomic E-state index is 3.67. The van der Waals surface area contributed by atoms with Gasteiger partial charge in [-0.3, -0.25) is 0 Å². The first-order valence-electron chi connectivity index (χ1n) is 5.93. The fourth-order valence-electron chi connectivity index (χ4n) is 2.50. The minimum atomic E-state index is 0.289. The molecule has 1 N–H and O–H groups in total. The zero-order valence-corrected chi connectivity index (χ0v) is 10.8. The van der Waals surface area contributed by atoms with Gasteiger partial charge in [-0.15, -0.1) is 0 Å². The second-order valence-electron chi connectivity index (χ2n) is 7.19. The zero-order valence-electron chi connectivity index (χ0n) is 10.8. The molecule has 1 aliphatic carbocycles. The average molecular weight is 197 g/mol. The summed E-state index contributed by atoms with van der Waals surface area (Å²) in [5.74, 6) is 0.967. The molecule has 0 radical (unpaired) electrons. The second-order valence-corrected chi connectivity index (χ2v) is 7.19. The van der Waals surface area contributed by atoms with Gasteiger partial charge in [0.1, 0.15) is 0 Å². The van der Waals surface area contributed by atoms with Crippen LogP contribution in [0.4, 0.5) is 0 Å². The van der Waals surface area contributed by atoms with Crippen molar-refractivity contribution in [1.82, 2.24) is 5.32 Å². The van der Waals surface area contributed by atoms with Crippen molar-refractivity contribution in [3.8, 4) is 0 Å². The fraction of sp³-hybridized carbons (Fsp3) is 1.00. The third-order valence-corrected chi connectivity index (χ3v) is 2.77. The summed E-state index contributed by atoms with van der Waals surface area (Å²) in [6, 6.07) is 0.780. The maximum Gasteiger partial charge on any atom is 0.00991 e. The number of hydrogen-bond donors (Lipinski definition) is 1. The summed E-state index contributed by atoms with van der Waals surface area (Å²) in [6.07, 6.45) is 4.15. The first-order valence-corrected chi connectivity index (χ1v) is 5.93. The first-order chi connectivity index (χ1) is 6.16. The van der Waals surface area contributed by atoms with E-state index >= 15 is 0 Å². The first kappa shape index (κ1) is 12.0. The topological polar surface area (TPSA) is 12.0 Å². The van der Waals surface area contributed by atoms with Crippen molar-refractivity contribution >= 4 is 0 Å². The molecule has 0 spiro atoms. The van der Waals surface area contributed by atoms with Gasteiger partial charge in [0.2, 0.25) is 0 Å².